The Bertz CT molecular complexity index is 1500. The van der Waals surface area contributed by atoms with Crippen LogP contribution in [0.2, 0.25) is 5.02 Å². The summed E-state index contributed by atoms with van der Waals surface area (Å²) in [5, 5.41) is 23.6. The number of rotatable bonds is 8. The molecule has 1 aliphatic rings. The number of fused-ring (bicyclic) bond motifs is 1. The van der Waals surface area contributed by atoms with Gasteiger partial charge in [-0.05, 0) is 29.8 Å². The minimum absolute atomic E-state index is 0.0748. The zero-order chi connectivity index (χ0) is 26.8. The van der Waals surface area contributed by atoms with Crippen molar-refractivity contribution < 1.29 is 19.1 Å². The Morgan fingerprint density at radius 3 is 2.76 bits per heavy atom. The Kier molecular flexibility index (Phi) is 7.11. The number of anilines is 2. The van der Waals surface area contributed by atoms with Crippen molar-refractivity contribution in [2.24, 2.45) is 0 Å². The number of methoxy groups -OCH3 is 2. The number of aryl methyl sites for hydroxylation is 1. The second kappa shape index (κ2) is 10.6. The van der Waals surface area contributed by atoms with Crippen molar-refractivity contribution in [2.75, 3.05) is 51.1 Å². The van der Waals surface area contributed by atoms with Gasteiger partial charge in [0.25, 0.3) is 5.91 Å². The lowest BCUT2D eigenvalue weighted by Gasteiger charge is -2.36. The maximum absolute atomic E-state index is 13.3. The number of hydrogen-bond donors (Lipinski definition) is 2. The van der Waals surface area contributed by atoms with Crippen LogP contribution in [0.15, 0.2) is 36.7 Å². The topological polar surface area (TPSA) is 141 Å². The molecule has 0 saturated carbocycles. The normalized spacial score (nSPS) is 13.4. The van der Waals surface area contributed by atoms with Gasteiger partial charge in [-0.1, -0.05) is 23.7 Å². The second-order valence-corrected chi connectivity index (χ2v) is 9.14. The van der Waals surface area contributed by atoms with Gasteiger partial charge in [0.15, 0.2) is 0 Å². The van der Waals surface area contributed by atoms with Crippen molar-refractivity contribution >= 4 is 40.5 Å². The maximum atomic E-state index is 13.3. The number of amides is 2. The first-order valence-electron chi connectivity index (χ1n) is 11.8. The summed E-state index contributed by atoms with van der Waals surface area (Å²) in [4.78, 5) is 27.9. The molecule has 0 bridgehead atoms. The smallest absolute Gasteiger partial charge is 0.409 e. The number of nitrogens with zero attached hydrogens (tertiary/aromatic N) is 7. The number of pyridine rings is 1. The van der Waals surface area contributed by atoms with Crippen molar-refractivity contribution in [1.82, 2.24) is 34.7 Å². The van der Waals surface area contributed by atoms with Gasteiger partial charge < -0.3 is 25.0 Å². The zero-order valence-corrected chi connectivity index (χ0v) is 21.8. The fourth-order valence-corrected chi connectivity index (χ4v) is 4.41. The fourth-order valence-electron chi connectivity index (χ4n) is 4.09. The van der Waals surface area contributed by atoms with Crippen LogP contribution in [0.4, 0.5) is 16.2 Å². The first-order valence-corrected chi connectivity index (χ1v) is 12.2. The number of hydrogen-bond acceptors (Lipinski definition) is 9. The Labute approximate surface area is 222 Å². The highest BCUT2D eigenvalue weighted by Crippen LogP contribution is 2.30. The van der Waals surface area contributed by atoms with Gasteiger partial charge in [-0.3, -0.25) is 4.79 Å². The van der Waals surface area contributed by atoms with Crippen LogP contribution >= 0.6 is 11.6 Å². The van der Waals surface area contributed by atoms with Crippen LogP contribution in [0.5, 0.6) is 0 Å². The molecule has 198 valence electrons. The van der Waals surface area contributed by atoms with E-state index in [2.05, 4.69) is 31.1 Å². The Morgan fingerprint density at radius 2 is 2.00 bits per heavy atom. The molecule has 0 aliphatic carbocycles. The van der Waals surface area contributed by atoms with Crippen LogP contribution in [-0.2, 0) is 9.47 Å². The summed E-state index contributed by atoms with van der Waals surface area (Å²) in [5.41, 5.74) is 3.63. The lowest BCUT2D eigenvalue weighted by Crippen LogP contribution is -2.51. The molecule has 1 saturated heterocycles. The number of tetrazole rings is 1. The monoisotopic (exact) mass is 539 g/mol. The second-order valence-electron chi connectivity index (χ2n) is 8.76. The summed E-state index contributed by atoms with van der Waals surface area (Å²) in [7, 11) is 2.97. The molecule has 5 rings (SSSR count). The van der Waals surface area contributed by atoms with Crippen LogP contribution < -0.4 is 10.6 Å². The minimum Gasteiger partial charge on any atom is -0.453 e. The molecule has 0 atom stereocenters. The van der Waals surface area contributed by atoms with Crippen LogP contribution in [0.25, 0.3) is 16.9 Å². The molecule has 1 fully saturated rings. The Hall–Kier alpha value is -4.23. The van der Waals surface area contributed by atoms with E-state index < -0.39 is 0 Å². The highest BCUT2D eigenvalue weighted by Gasteiger charge is 2.34. The van der Waals surface area contributed by atoms with Gasteiger partial charge in [0.05, 0.1) is 54.8 Å². The minimum atomic E-state index is -0.383. The van der Waals surface area contributed by atoms with E-state index in [0.717, 1.165) is 5.56 Å². The predicted octanol–water partition coefficient (Wildman–Crippen LogP) is 2.88. The van der Waals surface area contributed by atoms with Crippen molar-refractivity contribution in [3.63, 3.8) is 0 Å². The van der Waals surface area contributed by atoms with Crippen LogP contribution in [-0.4, -0.2) is 87.2 Å². The molecule has 13 nitrogen and oxygen atoms in total. The highest BCUT2D eigenvalue weighted by molar-refractivity contribution is 6.37. The Morgan fingerprint density at radius 1 is 1.18 bits per heavy atom. The maximum Gasteiger partial charge on any atom is 0.409 e. The average Bonchev–Trinajstić information content (AvgIpc) is 3.54. The van der Waals surface area contributed by atoms with Crippen LogP contribution in [0.3, 0.4) is 0 Å². The molecule has 0 radical (unpaired) electrons. The summed E-state index contributed by atoms with van der Waals surface area (Å²) in [6.07, 6.45) is 2.84. The molecule has 0 spiro atoms. The molecule has 1 aromatic carbocycles. The molecule has 3 aromatic heterocycles. The molecule has 4 aromatic rings. The SMILES string of the molecule is COCCNc1ccn2ncc(C(=O)Nc3cc(-c4nnn(C5CN(C(=O)OC)C5)n4)ccc3C)c2c1Cl. The van der Waals surface area contributed by atoms with E-state index in [-0.39, 0.29) is 18.0 Å². The summed E-state index contributed by atoms with van der Waals surface area (Å²) in [5.74, 6) is 0.0491. The number of benzene rings is 1. The van der Waals surface area contributed by atoms with Crippen LogP contribution in [0.1, 0.15) is 22.0 Å². The van der Waals surface area contributed by atoms with Gasteiger partial charge >= 0.3 is 6.09 Å². The van der Waals surface area contributed by atoms with E-state index >= 15 is 0 Å². The number of nitrogens with one attached hydrogen (secondary N) is 2. The lowest BCUT2D eigenvalue weighted by atomic mass is 10.1. The van der Waals surface area contributed by atoms with Gasteiger partial charge in [0.1, 0.15) is 6.04 Å². The number of ether oxygens (including phenoxy) is 2. The average molecular weight is 540 g/mol. The van der Waals surface area contributed by atoms with Crippen molar-refractivity contribution in [2.45, 2.75) is 13.0 Å². The summed E-state index contributed by atoms with van der Waals surface area (Å²) < 4.78 is 11.4. The van der Waals surface area contributed by atoms with Crippen LogP contribution in [0, 0.1) is 6.92 Å². The van der Waals surface area contributed by atoms with E-state index in [1.54, 1.807) is 34.9 Å². The zero-order valence-electron chi connectivity index (χ0n) is 21.0. The van der Waals surface area contributed by atoms with Crippen molar-refractivity contribution in [1.29, 1.82) is 0 Å². The Balaban J connectivity index is 1.34. The standard InChI is InChI=1S/C24H26ClN9O4/c1-14-4-5-15(22-29-31-34(30-22)16-12-32(13-16)24(36)38-3)10-19(14)28-23(35)17-11-27-33-8-6-18(20(25)21(17)33)26-7-9-37-2/h4-6,8,10-11,16,26H,7,9,12-13H2,1-3H3,(H,28,35). The van der Waals surface area contributed by atoms with Gasteiger partial charge in [0.2, 0.25) is 5.82 Å². The number of carbonyl (C=O) groups is 2. The number of likely N-dealkylation sites (tertiary alicyclic amines) is 1. The molecule has 14 heteroatoms. The molecule has 2 amide bonds. The third-order valence-corrected chi connectivity index (χ3v) is 6.67. The molecular formula is C24H26ClN9O4. The summed E-state index contributed by atoms with van der Waals surface area (Å²) in [6.45, 7) is 3.86. The number of aromatic nitrogens is 6. The number of carbonyl (C=O) groups excluding carboxylic acids is 2. The number of halogens is 1. The molecule has 1 aliphatic heterocycles. The quantitative estimate of drug-likeness (QED) is 0.323. The van der Waals surface area contributed by atoms with Gasteiger partial charge in [-0.15, -0.1) is 10.2 Å². The lowest BCUT2D eigenvalue weighted by molar-refractivity contribution is 0.0621. The van der Waals surface area contributed by atoms with Gasteiger partial charge in [0, 0.05) is 31.1 Å². The first-order chi connectivity index (χ1) is 18.4. The van der Waals surface area contributed by atoms with Crippen molar-refractivity contribution in [3.8, 4) is 11.4 Å². The highest BCUT2D eigenvalue weighted by atomic mass is 35.5. The fraction of sp³-hybridized carbons (Fsp3) is 0.333. The summed E-state index contributed by atoms with van der Waals surface area (Å²) in [6, 6.07) is 7.24. The van der Waals surface area contributed by atoms with E-state index in [0.29, 0.717) is 65.1 Å². The first kappa shape index (κ1) is 25.4. The molecule has 38 heavy (non-hydrogen) atoms. The van der Waals surface area contributed by atoms with Gasteiger partial charge in [-0.25, -0.2) is 9.31 Å². The van der Waals surface area contributed by atoms with E-state index in [4.69, 9.17) is 21.1 Å². The molecule has 4 heterocycles. The van der Waals surface area contributed by atoms with Crippen molar-refractivity contribution in [3.05, 3.63) is 52.8 Å². The molecule has 0 unspecified atom stereocenters. The molecular weight excluding hydrogens is 514 g/mol. The third-order valence-electron chi connectivity index (χ3n) is 6.28. The largest absolute Gasteiger partial charge is 0.453 e. The van der Waals surface area contributed by atoms with E-state index in [1.807, 2.05) is 19.1 Å². The van der Waals surface area contributed by atoms with E-state index in [9.17, 15) is 9.59 Å². The summed E-state index contributed by atoms with van der Waals surface area (Å²) >= 11 is 6.63. The molecule has 2 N–H and O–H groups in total. The van der Waals surface area contributed by atoms with Gasteiger partial charge in [-0.2, -0.15) is 9.90 Å². The predicted molar refractivity (Wildman–Crippen MR) is 140 cm³/mol. The third kappa shape index (κ3) is 4.85. The van der Waals surface area contributed by atoms with E-state index in [1.165, 1.54) is 18.1 Å².